The maximum Gasteiger partial charge on any atom is 0.411 e. The van der Waals surface area contributed by atoms with E-state index >= 15 is 0 Å². The van der Waals surface area contributed by atoms with Crippen molar-refractivity contribution in [3.63, 3.8) is 0 Å². The van der Waals surface area contributed by atoms with Gasteiger partial charge >= 0.3 is 6.09 Å². The molecule has 1 saturated heterocycles. The molecule has 1 fully saturated rings. The molecule has 26 heavy (non-hydrogen) atoms. The molecule has 1 aliphatic rings. The van der Waals surface area contributed by atoms with Crippen molar-refractivity contribution >= 4 is 34.7 Å². The Balaban J connectivity index is 1.66. The molecule has 1 aliphatic heterocycles. The molecule has 0 spiro atoms. The summed E-state index contributed by atoms with van der Waals surface area (Å²) in [6.07, 6.45) is -0.343. The number of hydrogen-bond donors (Lipinski definition) is 1. The fraction of sp³-hybridized carbons (Fsp3) is 0.500. The average Bonchev–Trinajstić information content (AvgIpc) is 3.16. The number of benzene rings is 1. The SMILES string of the molecule is Cn1nc(C(=O)NC[C@@H]2CSCN2C(=O)OC(C)(C)C)c2ccccc21. The number of fused-ring (bicyclic) bond motifs is 1. The molecule has 3 rings (SSSR count). The number of nitrogens with one attached hydrogen (secondary N) is 1. The number of amides is 2. The lowest BCUT2D eigenvalue weighted by Gasteiger charge is -2.28. The van der Waals surface area contributed by atoms with Crippen molar-refractivity contribution < 1.29 is 14.3 Å². The van der Waals surface area contributed by atoms with Crippen LogP contribution < -0.4 is 5.32 Å². The van der Waals surface area contributed by atoms with Crippen LogP contribution in [0.2, 0.25) is 0 Å². The molecular weight excluding hydrogens is 352 g/mol. The van der Waals surface area contributed by atoms with Crippen LogP contribution in [0.25, 0.3) is 10.9 Å². The summed E-state index contributed by atoms with van der Waals surface area (Å²) in [4.78, 5) is 26.6. The molecule has 1 aromatic carbocycles. The summed E-state index contributed by atoms with van der Waals surface area (Å²) < 4.78 is 7.15. The van der Waals surface area contributed by atoms with E-state index in [2.05, 4.69) is 10.4 Å². The summed E-state index contributed by atoms with van der Waals surface area (Å²) in [5.41, 5.74) is 0.771. The van der Waals surface area contributed by atoms with Crippen LogP contribution >= 0.6 is 11.8 Å². The zero-order chi connectivity index (χ0) is 18.9. The van der Waals surface area contributed by atoms with Crippen LogP contribution in [0.1, 0.15) is 31.3 Å². The van der Waals surface area contributed by atoms with Gasteiger partial charge in [0.1, 0.15) is 5.60 Å². The summed E-state index contributed by atoms with van der Waals surface area (Å²) in [6, 6.07) is 7.53. The topological polar surface area (TPSA) is 76.5 Å². The summed E-state index contributed by atoms with van der Waals surface area (Å²) in [7, 11) is 1.82. The van der Waals surface area contributed by atoms with Gasteiger partial charge in [-0.25, -0.2) is 4.79 Å². The summed E-state index contributed by atoms with van der Waals surface area (Å²) in [5, 5.41) is 8.07. The normalized spacial score (nSPS) is 17.5. The van der Waals surface area contributed by atoms with Crippen LogP contribution in [-0.2, 0) is 11.8 Å². The number of aryl methyl sites for hydroxylation is 1. The second kappa shape index (κ2) is 7.19. The minimum Gasteiger partial charge on any atom is -0.444 e. The average molecular weight is 376 g/mol. The number of hydrogen-bond acceptors (Lipinski definition) is 5. The lowest BCUT2D eigenvalue weighted by atomic mass is 10.2. The number of carbonyl (C=O) groups excluding carboxylic acids is 2. The van der Waals surface area contributed by atoms with Gasteiger partial charge in [-0.15, -0.1) is 11.8 Å². The first-order valence-corrected chi connectivity index (χ1v) is 9.69. The largest absolute Gasteiger partial charge is 0.444 e. The van der Waals surface area contributed by atoms with Gasteiger partial charge in [-0.2, -0.15) is 5.10 Å². The highest BCUT2D eigenvalue weighted by Crippen LogP contribution is 2.23. The van der Waals surface area contributed by atoms with Crippen molar-refractivity contribution in [3.05, 3.63) is 30.0 Å². The molecule has 0 saturated carbocycles. The number of carbonyl (C=O) groups is 2. The highest BCUT2D eigenvalue weighted by molar-refractivity contribution is 7.99. The fourth-order valence-electron chi connectivity index (χ4n) is 2.85. The number of thioether (sulfide) groups is 1. The van der Waals surface area contributed by atoms with Gasteiger partial charge in [-0.1, -0.05) is 18.2 Å². The van der Waals surface area contributed by atoms with Gasteiger partial charge in [0.2, 0.25) is 0 Å². The number of nitrogens with zero attached hydrogens (tertiary/aromatic N) is 3. The van der Waals surface area contributed by atoms with Gasteiger partial charge in [-0.05, 0) is 26.8 Å². The smallest absolute Gasteiger partial charge is 0.411 e. The fourth-order valence-corrected chi connectivity index (χ4v) is 4.04. The zero-order valence-corrected chi connectivity index (χ0v) is 16.3. The first-order valence-electron chi connectivity index (χ1n) is 8.53. The Morgan fingerprint density at radius 2 is 2.08 bits per heavy atom. The Morgan fingerprint density at radius 1 is 1.35 bits per heavy atom. The van der Waals surface area contributed by atoms with Crippen molar-refractivity contribution in [2.45, 2.75) is 32.4 Å². The Kier molecular flexibility index (Phi) is 5.13. The third kappa shape index (κ3) is 3.95. The minimum atomic E-state index is -0.537. The predicted octanol–water partition coefficient (Wildman–Crippen LogP) is 2.61. The van der Waals surface area contributed by atoms with Crippen LogP contribution in [0.4, 0.5) is 4.79 Å². The van der Waals surface area contributed by atoms with Gasteiger partial charge in [0, 0.05) is 24.7 Å². The quantitative estimate of drug-likeness (QED) is 0.891. The van der Waals surface area contributed by atoms with E-state index in [-0.39, 0.29) is 18.0 Å². The highest BCUT2D eigenvalue weighted by atomic mass is 32.2. The summed E-state index contributed by atoms with van der Waals surface area (Å²) in [6.45, 7) is 5.90. The standard InChI is InChI=1S/C18H24N4O3S/c1-18(2,3)25-17(24)22-11-26-10-12(22)9-19-16(23)15-13-7-5-6-8-14(13)21(4)20-15/h5-8,12H,9-11H2,1-4H3,(H,19,23)/t12-/m1/s1. The Hall–Kier alpha value is -2.22. The molecule has 1 N–H and O–H groups in total. The first-order chi connectivity index (χ1) is 12.3. The second-order valence-electron chi connectivity index (χ2n) is 7.30. The minimum absolute atomic E-state index is 0.0891. The molecule has 1 aromatic heterocycles. The molecule has 2 heterocycles. The van der Waals surface area contributed by atoms with Crippen molar-refractivity contribution in [2.75, 3.05) is 18.2 Å². The summed E-state index contributed by atoms with van der Waals surface area (Å²) in [5.74, 6) is 1.10. The number of aromatic nitrogens is 2. The van der Waals surface area contributed by atoms with Gasteiger partial charge in [0.25, 0.3) is 5.91 Å². The van der Waals surface area contributed by atoms with Crippen LogP contribution in [-0.4, -0.2) is 56.5 Å². The van der Waals surface area contributed by atoms with Crippen molar-refractivity contribution in [2.24, 2.45) is 7.05 Å². The first kappa shape index (κ1) is 18.6. The van der Waals surface area contributed by atoms with Gasteiger partial charge in [0.05, 0.1) is 17.4 Å². The van der Waals surface area contributed by atoms with Crippen molar-refractivity contribution in [3.8, 4) is 0 Å². The highest BCUT2D eigenvalue weighted by Gasteiger charge is 2.33. The molecule has 0 radical (unpaired) electrons. The molecule has 8 heteroatoms. The molecule has 2 aromatic rings. The molecule has 140 valence electrons. The van der Waals surface area contributed by atoms with Crippen LogP contribution in [0.3, 0.4) is 0 Å². The summed E-state index contributed by atoms with van der Waals surface area (Å²) >= 11 is 1.65. The van der Waals surface area contributed by atoms with E-state index in [4.69, 9.17) is 4.74 Å². The van der Waals surface area contributed by atoms with Crippen LogP contribution in [0.15, 0.2) is 24.3 Å². The van der Waals surface area contributed by atoms with E-state index < -0.39 is 5.60 Å². The Labute approximate surface area is 157 Å². The van der Waals surface area contributed by atoms with Crippen molar-refractivity contribution in [1.82, 2.24) is 20.0 Å². The van der Waals surface area contributed by atoms with E-state index in [0.29, 0.717) is 18.1 Å². The molecule has 0 bridgehead atoms. The van der Waals surface area contributed by atoms with E-state index in [0.717, 1.165) is 16.7 Å². The molecule has 0 unspecified atom stereocenters. The molecule has 7 nitrogen and oxygen atoms in total. The Bertz CT molecular complexity index is 827. The predicted molar refractivity (Wildman–Crippen MR) is 102 cm³/mol. The van der Waals surface area contributed by atoms with Gasteiger partial charge < -0.3 is 10.1 Å². The second-order valence-corrected chi connectivity index (χ2v) is 8.30. The van der Waals surface area contributed by atoms with Gasteiger partial charge in [-0.3, -0.25) is 14.4 Å². The third-order valence-corrected chi connectivity index (χ3v) is 5.16. The number of ether oxygens (including phenoxy) is 1. The third-order valence-electron chi connectivity index (χ3n) is 4.08. The Morgan fingerprint density at radius 3 is 2.81 bits per heavy atom. The monoisotopic (exact) mass is 376 g/mol. The van der Waals surface area contributed by atoms with E-state index in [1.54, 1.807) is 21.3 Å². The van der Waals surface area contributed by atoms with Gasteiger partial charge in [0.15, 0.2) is 5.69 Å². The van der Waals surface area contributed by atoms with Crippen LogP contribution in [0, 0.1) is 0 Å². The maximum atomic E-state index is 12.6. The zero-order valence-electron chi connectivity index (χ0n) is 15.5. The van der Waals surface area contributed by atoms with E-state index in [9.17, 15) is 9.59 Å². The maximum absolute atomic E-state index is 12.6. The lowest BCUT2D eigenvalue weighted by molar-refractivity contribution is 0.0239. The lowest BCUT2D eigenvalue weighted by Crippen LogP contribution is -2.46. The number of rotatable bonds is 3. The molecule has 1 atom stereocenters. The molecular formula is C18H24N4O3S. The van der Waals surface area contributed by atoms with Crippen LogP contribution in [0.5, 0.6) is 0 Å². The van der Waals surface area contributed by atoms with E-state index in [1.807, 2.05) is 52.1 Å². The molecule has 2 amide bonds. The number of para-hydroxylation sites is 1. The molecule has 0 aliphatic carbocycles. The van der Waals surface area contributed by atoms with Crippen molar-refractivity contribution in [1.29, 1.82) is 0 Å². The van der Waals surface area contributed by atoms with E-state index in [1.165, 1.54) is 0 Å².